The fraction of sp³-hybridized carbons (Fsp3) is 0.316. The smallest absolute Gasteiger partial charge is 0.451 e. The summed E-state index contributed by atoms with van der Waals surface area (Å²) in [6, 6.07) is 5.89. The average molecular weight is 407 g/mol. The van der Waals surface area contributed by atoms with Crippen molar-refractivity contribution in [1.82, 2.24) is 15.0 Å². The molecule has 2 N–H and O–H groups in total. The van der Waals surface area contributed by atoms with Gasteiger partial charge in [-0.1, -0.05) is 13.8 Å². The number of rotatable bonds is 7. The molecule has 0 unspecified atom stereocenters. The Bertz CT molecular complexity index is 945. The maximum absolute atomic E-state index is 12.7. The minimum Gasteiger partial charge on any atom is -0.451 e. The van der Waals surface area contributed by atoms with E-state index in [2.05, 4.69) is 19.7 Å². The Morgan fingerprint density at radius 2 is 2.00 bits per heavy atom. The molecule has 1 aromatic carbocycles. The predicted octanol–water partition coefficient (Wildman–Crippen LogP) is 4.48. The zero-order valence-corrected chi connectivity index (χ0v) is 15.8. The van der Waals surface area contributed by atoms with E-state index in [0.29, 0.717) is 29.2 Å². The molecule has 10 heteroatoms. The third-order valence-electron chi connectivity index (χ3n) is 3.94. The van der Waals surface area contributed by atoms with Gasteiger partial charge >= 0.3 is 6.36 Å². The molecule has 0 saturated carbocycles. The summed E-state index contributed by atoms with van der Waals surface area (Å²) in [5.74, 6) is 0.477. The molecule has 0 radical (unpaired) electrons. The lowest BCUT2D eigenvalue weighted by Gasteiger charge is -2.26. The van der Waals surface area contributed by atoms with Gasteiger partial charge in [-0.05, 0) is 42.2 Å². The standard InChI is InChI=1S/C19H20F3N5O2/c1-12(2)7-13-8-15(29-19(20,21)22)3-4-16(13)27(9-14-10-28-11-25-14)17-5-6-24-18(23)26-17/h3-6,8,10-12H,7,9H2,1-2H3,(H2,23,24,26). The molecule has 0 atom stereocenters. The highest BCUT2D eigenvalue weighted by atomic mass is 19.4. The van der Waals surface area contributed by atoms with Gasteiger partial charge in [0.2, 0.25) is 5.95 Å². The number of benzene rings is 1. The van der Waals surface area contributed by atoms with E-state index in [1.165, 1.54) is 31.0 Å². The lowest BCUT2D eigenvalue weighted by Crippen LogP contribution is -2.21. The first kappa shape index (κ1) is 20.4. The molecule has 7 nitrogen and oxygen atoms in total. The van der Waals surface area contributed by atoms with Gasteiger partial charge in [0.15, 0.2) is 6.39 Å². The van der Waals surface area contributed by atoms with Crippen molar-refractivity contribution in [2.45, 2.75) is 33.2 Å². The summed E-state index contributed by atoms with van der Waals surface area (Å²) >= 11 is 0. The number of hydrogen-bond donors (Lipinski definition) is 1. The largest absolute Gasteiger partial charge is 0.573 e. The number of aromatic nitrogens is 3. The first-order valence-electron chi connectivity index (χ1n) is 8.83. The summed E-state index contributed by atoms with van der Waals surface area (Å²) in [5.41, 5.74) is 7.68. The lowest BCUT2D eigenvalue weighted by molar-refractivity contribution is -0.274. The van der Waals surface area contributed by atoms with Crippen molar-refractivity contribution >= 4 is 17.5 Å². The molecule has 0 amide bonds. The van der Waals surface area contributed by atoms with Gasteiger partial charge in [0, 0.05) is 11.9 Å². The molecule has 0 aliphatic rings. The molecule has 29 heavy (non-hydrogen) atoms. The fourth-order valence-electron chi connectivity index (χ4n) is 2.91. The summed E-state index contributed by atoms with van der Waals surface area (Å²) in [7, 11) is 0. The number of anilines is 3. The number of halogens is 3. The topological polar surface area (TPSA) is 90.3 Å². The fourth-order valence-corrected chi connectivity index (χ4v) is 2.91. The minimum atomic E-state index is -4.77. The van der Waals surface area contributed by atoms with Gasteiger partial charge in [-0.25, -0.2) is 9.97 Å². The molecule has 2 heterocycles. The van der Waals surface area contributed by atoms with Crippen LogP contribution < -0.4 is 15.4 Å². The van der Waals surface area contributed by atoms with E-state index >= 15 is 0 Å². The second kappa shape index (κ2) is 8.38. The molecule has 0 spiro atoms. The maximum atomic E-state index is 12.7. The van der Waals surface area contributed by atoms with E-state index in [1.807, 2.05) is 13.8 Å². The number of oxazole rings is 1. The van der Waals surface area contributed by atoms with Crippen LogP contribution in [0, 0.1) is 5.92 Å². The van der Waals surface area contributed by atoms with Gasteiger partial charge in [-0.15, -0.1) is 13.2 Å². The quantitative estimate of drug-likeness (QED) is 0.617. The van der Waals surface area contributed by atoms with Crippen LogP contribution in [0.1, 0.15) is 25.1 Å². The number of nitrogen functional groups attached to an aromatic ring is 1. The Balaban J connectivity index is 2.07. The maximum Gasteiger partial charge on any atom is 0.573 e. The third-order valence-corrected chi connectivity index (χ3v) is 3.94. The van der Waals surface area contributed by atoms with Gasteiger partial charge in [-0.3, -0.25) is 0 Å². The molecular formula is C19H20F3N5O2. The van der Waals surface area contributed by atoms with Gasteiger partial charge in [0.05, 0.1) is 12.2 Å². The van der Waals surface area contributed by atoms with E-state index in [9.17, 15) is 13.2 Å². The first-order valence-corrected chi connectivity index (χ1v) is 8.83. The van der Waals surface area contributed by atoms with Gasteiger partial charge in [0.25, 0.3) is 0 Å². The van der Waals surface area contributed by atoms with E-state index in [0.717, 1.165) is 0 Å². The molecule has 3 rings (SSSR count). The van der Waals surface area contributed by atoms with E-state index < -0.39 is 6.36 Å². The second-order valence-corrected chi connectivity index (χ2v) is 6.78. The van der Waals surface area contributed by atoms with Crippen molar-refractivity contribution in [1.29, 1.82) is 0 Å². The lowest BCUT2D eigenvalue weighted by atomic mass is 10.00. The number of ether oxygens (including phenoxy) is 1. The molecule has 0 bridgehead atoms. The van der Waals surface area contributed by atoms with Crippen LogP contribution in [0.5, 0.6) is 5.75 Å². The summed E-state index contributed by atoms with van der Waals surface area (Å²) in [6.45, 7) is 4.23. The highest BCUT2D eigenvalue weighted by Gasteiger charge is 2.31. The van der Waals surface area contributed by atoms with Crippen molar-refractivity contribution in [3.05, 3.63) is 54.4 Å². The van der Waals surface area contributed by atoms with Crippen LogP contribution in [0.15, 0.2) is 47.5 Å². The number of hydrogen-bond acceptors (Lipinski definition) is 7. The van der Waals surface area contributed by atoms with Crippen LogP contribution in [0.2, 0.25) is 0 Å². The van der Waals surface area contributed by atoms with Crippen LogP contribution in [-0.2, 0) is 13.0 Å². The van der Waals surface area contributed by atoms with Crippen LogP contribution in [0.25, 0.3) is 0 Å². The zero-order chi connectivity index (χ0) is 21.0. The molecule has 2 aromatic heterocycles. The van der Waals surface area contributed by atoms with Crippen molar-refractivity contribution in [2.75, 3.05) is 10.6 Å². The van der Waals surface area contributed by atoms with Crippen LogP contribution in [0.4, 0.5) is 30.6 Å². The monoisotopic (exact) mass is 407 g/mol. The minimum absolute atomic E-state index is 0.0788. The highest BCUT2D eigenvalue weighted by Crippen LogP contribution is 2.34. The van der Waals surface area contributed by atoms with E-state index in [1.54, 1.807) is 17.0 Å². The van der Waals surface area contributed by atoms with E-state index in [4.69, 9.17) is 10.2 Å². The van der Waals surface area contributed by atoms with E-state index in [-0.39, 0.29) is 24.2 Å². The first-order chi connectivity index (χ1) is 13.7. The summed E-state index contributed by atoms with van der Waals surface area (Å²) in [4.78, 5) is 14.1. The molecule has 154 valence electrons. The van der Waals surface area contributed by atoms with Crippen molar-refractivity contribution in [2.24, 2.45) is 5.92 Å². The van der Waals surface area contributed by atoms with Gasteiger partial charge in [0.1, 0.15) is 17.8 Å². The summed E-state index contributed by atoms with van der Waals surface area (Å²) in [5, 5.41) is 0. The Kier molecular flexibility index (Phi) is 5.90. The SMILES string of the molecule is CC(C)Cc1cc(OC(F)(F)F)ccc1N(Cc1cocn1)c1ccnc(N)n1. The second-order valence-electron chi connectivity index (χ2n) is 6.78. The Hall–Kier alpha value is -3.30. The van der Waals surface area contributed by atoms with Gasteiger partial charge < -0.3 is 19.8 Å². The molecule has 0 fully saturated rings. The molecule has 0 aliphatic heterocycles. The Labute approximate surface area is 165 Å². The molecule has 0 aliphatic carbocycles. The molecule has 3 aromatic rings. The normalized spacial score (nSPS) is 11.7. The summed E-state index contributed by atoms with van der Waals surface area (Å²) < 4.78 is 47.2. The number of nitrogens with zero attached hydrogens (tertiary/aromatic N) is 4. The molecular weight excluding hydrogens is 387 g/mol. The zero-order valence-electron chi connectivity index (χ0n) is 15.8. The summed E-state index contributed by atoms with van der Waals surface area (Å²) in [6.07, 6.45) is 0.0626. The van der Waals surface area contributed by atoms with Gasteiger partial charge in [-0.2, -0.15) is 4.98 Å². The highest BCUT2D eigenvalue weighted by molar-refractivity contribution is 5.65. The third kappa shape index (κ3) is 5.59. The number of alkyl halides is 3. The average Bonchev–Trinajstić information content (AvgIpc) is 3.12. The van der Waals surface area contributed by atoms with Crippen molar-refractivity contribution in [3.8, 4) is 5.75 Å². The Morgan fingerprint density at radius 1 is 1.21 bits per heavy atom. The molecule has 0 saturated heterocycles. The van der Waals surface area contributed by atoms with Crippen LogP contribution in [-0.4, -0.2) is 21.3 Å². The van der Waals surface area contributed by atoms with Crippen LogP contribution >= 0.6 is 0 Å². The van der Waals surface area contributed by atoms with Crippen LogP contribution in [0.3, 0.4) is 0 Å². The number of nitrogens with two attached hydrogens (primary N) is 1. The van der Waals surface area contributed by atoms with Crippen molar-refractivity contribution in [3.63, 3.8) is 0 Å². The van der Waals surface area contributed by atoms with Crippen molar-refractivity contribution < 1.29 is 22.3 Å². The predicted molar refractivity (Wildman–Crippen MR) is 100 cm³/mol. The Morgan fingerprint density at radius 3 is 2.62 bits per heavy atom.